The van der Waals surface area contributed by atoms with Crippen LogP contribution in [0.3, 0.4) is 0 Å². The van der Waals surface area contributed by atoms with Gasteiger partial charge in [0.15, 0.2) is 0 Å². The summed E-state index contributed by atoms with van der Waals surface area (Å²) in [6, 6.07) is 7.60. The van der Waals surface area contributed by atoms with Crippen LogP contribution in [-0.4, -0.2) is 48.1 Å². The van der Waals surface area contributed by atoms with Gasteiger partial charge in [0, 0.05) is 49.6 Å². The van der Waals surface area contributed by atoms with Crippen molar-refractivity contribution in [2.75, 3.05) is 25.0 Å². The average Bonchev–Trinajstić information content (AvgIpc) is 2.59. The van der Waals surface area contributed by atoms with Gasteiger partial charge in [-0.25, -0.2) is 0 Å². The van der Waals surface area contributed by atoms with Crippen molar-refractivity contribution in [2.45, 2.75) is 25.1 Å². The molecule has 1 aromatic heterocycles. The summed E-state index contributed by atoms with van der Waals surface area (Å²) in [6.07, 6.45) is -0.239. The molecule has 1 saturated heterocycles. The smallest absolute Gasteiger partial charge is 0.371 e. The van der Waals surface area contributed by atoms with Crippen molar-refractivity contribution in [3.05, 3.63) is 36.7 Å². The Hall–Kier alpha value is -2.31. The van der Waals surface area contributed by atoms with Crippen LogP contribution in [0, 0.1) is 0 Å². The van der Waals surface area contributed by atoms with Crippen molar-refractivity contribution in [2.24, 2.45) is 0 Å². The van der Waals surface area contributed by atoms with Crippen LogP contribution in [0.1, 0.15) is 12.8 Å². The number of aromatic nitrogens is 1. The Balaban J connectivity index is 1.67. The second-order valence-corrected chi connectivity index (χ2v) is 6.04. The molecule has 7 heteroatoms. The first-order valence-electron chi connectivity index (χ1n) is 7.79. The fourth-order valence-electron chi connectivity index (χ4n) is 3.14. The number of pyridine rings is 1. The van der Waals surface area contributed by atoms with E-state index in [9.17, 15) is 18.0 Å². The number of benzene rings is 1. The number of hydrogen-bond acceptors (Lipinski definition) is 3. The van der Waals surface area contributed by atoms with Gasteiger partial charge in [-0.1, -0.05) is 6.07 Å². The maximum absolute atomic E-state index is 12.5. The summed E-state index contributed by atoms with van der Waals surface area (Å²) in [5, 5.41) is 2.13. The van der Waals surface area contributed by atoms with Gasteiger partial charge in [-0.3, -0.25) is 9.78 Å². The number of rotatable bonds is 2. The summed E-state index contributed by atoms with van der Waals surface area (Å²) in [5.41, 5.74) is 1.04. The summed E-state index contributed by atoms with van der Waals surface area (Å²) >= 11 is 0. The lowest BCUT2D eigenvalue weighted by atomic mass is 10.0. The van der Waals surface area contributed by atoms with E-state index in [4.69, 9.17) is 0 Å². The zero-order chi connectivity index (χ0) is 17.3. The molecule has 0 N–H and O–H groups in total. The summed E-state index contributed by atoms with van der Waals surface area (Å²) in [6.45, 7) is 1.24. The topological polar surface area (TPSA) is 36.4 Å². The third-order valence-electron chi connectivity index (χ3n) is 4.56. The molecule has 4 nitrogen and oxygen atoms in total. The summed E-state index contributed by atoms with van der Waals surface area (Å²) in [5.74, 6) is -1.76. The summed E-state index contributed by atoms with van der Waals surface area (Å²) < 4.78 is 37.6. The number of fused-ring (bicyclic) bond motifs is 1. The Kier molecular flexibility index (Phi) is 4.34. The van der Waals surface area contributed by atoms with Crippen molar-refractivity contribution in [1.29, 1.82) is 0 Å². The van der Waals surface area contributed by atoms with Crippen LogP contribution in [0.4, 0.5) is 18.9 Å². The van der Waals surface area contributed by atoms with Gasteiger partial charge in [0.2, 0.25) is 0 Å². The molecule has 1 amide bonds. The number of nitrogens with zero attached hydrogens (tertiary/aromatic N) is 3. The molecular weight excluding hydrogens is 319 g/mol. The number of carbonyl (C=O) groups is 1. The maximum Gasteiger partial charge on any atom is 0.471 e. The zero-order valence-corrected chi connectivity index (χ0v) is 13.3. The van der Waals surface area contributed by atoms with Gasteiger partial charge in [0.05, 0.1) is 0 Å². The quantitative estimate of drug-likeness (QED) is 0.844. The first kappa shape index (κ1) is 16.5. The van der Waals surface area contributed by atoms with Crippen LogP contribution in [-0.2, 0) is 4.79 Å². The van der Waals surface area contributed by atoms with Gasteiger partial charge in [-0.15, -0.1) is 0 Å². The van der Waals surface area contributed by atoms with E-state index in [0.29, 0.717) is 25.9 Å². The molecule has 3 rings (SSSR count). The highest BCUT2D eigenvalue weighted by atomic mass is 19.4. The second kappa shape index (κ2) is 6.30. The minimum Gasteiger partial charge on any atom is -0.371 e. The lowest BCUT2D eigenvalue weighted by Gasteiger charge is -2.38. The number of halogens is 3. The van der Waals surface area contributed by atoms with E-state index < -0.39 is 12.1 Å². The fraction of sp³-hybridized carbons (Fsp3) is 0.412. The van der Waals surface area contributed by atoms with Crippen LogP contribution < -0.4 is 4.90 Å². The SMILES string of the molecule is CN(C(=O)C(F)(F)F)C1CCN(c2ccc3cnccc3c2)CC1. The van der Waals surface area contributed by atoms with E-state index in [2.05, 4.69) is 16.0 Å². The Bertz CT molecular complexity index is 739. The molecule has 2 aromatic rings. The van der Waals surface area contributed by atoms with Crippen LogP contribution in [0.15, 0.2) is 36.7 Å². The van der Waals surface area contributed by atoms with E-state index in [1.807, 2.05) is 18.2 Å². The summed E-state index contributed by atoms with van der Waals surface area (Å²) in [7, 11) is 1.24. The standard InChI is InChI=1S/C17H18F3N3O/c1-22(16(24)17(18,19)20)14-5-8-23(9-6-14)15-3-2-13-11-21-7-4-12(13)10-15/h2-4,7,10-11,14H,5-6,8-9H2,1H3. The van der Waals surface area contributed by atoms with Crippen LogP contribution in [0.5, 0.6) is 0 Å². The summed E-state index contributed by atoms with van der Waals surface area (Å²) in [4.78, 5) is 18.4. The maximum atomic E-state index is 12.5. The molecule has 1 aromatic carbocycles. The Morgan fingerprint density at radius 1 is 1.21 bits per heavy atom. The fourth-order valence-corrected chi connectivity index (χ4v) is 3.14. The van der Waals surface area contributed by atoms with Crippen molar-refractivity contribution in [3.8, 4) is 0 Å². The number of piperidine rings is 1. The molecule has 1 aliphatic rings. The van der Waals surface area contributed by atoms with Gasteiger partial charge in [0.1, 0.15) is 0 Å². The van der Waals surface area contributed by atoms with E-state index >= 15 is 0 Å². The number of anilines is 1. The molecule has 0 saturated carbocycles. The van der Waals surface area contributed by atoms with Gasteiger partial charge in [-0.2, -0.15) is 13.2 Å². The van der Waals surface area contributed by atoms with Gasteiger partial charge in [0.25, 0.3) is 0 Å². The average molecular weight is 337 g/mol. The molecule has 2 heterocycles. The van der Waals surface area contributed by atoms with Crippen molar-refractivity contribution < 1.29 is 18.0 Å². The largest absolute Gasteiger partial charge is 0.471 e. The minimum absolute atomic E-state index is 0.375. The van der Waals surface area contributed by atoms with Crippen molar-refractivity contribution >= 4 is 22.4 Å². The highest BCUT2D eigenvalue weighted by Crippen LogP contribution is 2.27. The molecule has 0 radical (unpaired) electrons. The van der Waals surface area contributed by atoms with Gasteiger partial charge in [-0.05, 0) is 36.4 Å². The molecule has 1 fully saturated rings. The molecule has 0 spiro atoms. The first-order chi connectivity index (χ1) is 11.4. The number of carbonyl (C=O) groups excluding carboxylic acids is 1. The van der Waals surface area contributed by atoms with Crippen molar-refractivity contribution in [1.82, 2.24) is 9.88 Å². The van der Waals surface area contributed by atoms with E-state index in [1.165, 1.54) is 7.05 Å². The monoisotopic (exact) mass is 337 g/mol. The normalized spacial score (nSPS) is 16.4. The Morgan fingerprint density at radius 2 is 1.92 bits per heavy atom. The highest BCUT2D eigenvalue weighted by molar-refractivity contribution is 5.85. The van der Waals surface area contributed by atoms with Crippen LogP contribution in [0.25, 0.3) is 10.8 Å². The van der Waals surface area contributed by atoms with E-state index in [-0.39, 0.29) is 6.04 Å². The van der Waals surface area contributed by atoms with Gasteiger partial charge < -0.3 is 9.80 Å². The third-order valence-corrected chi connectivity index (χ3v) is 4.56. The molecule has 0 aliphatic carbocycles. The first-order valence-corrected chi connectivity index (χ1v) is 7.79. The number of alkyl halides is 3. The van der Waals surface area contributed by atoms with Gasteiger partial charge >= 0.3 is 12.1 Å². The van der Waals surface area contributed by atoms with Crippen LogP contribution in [0.2, 0.25) is 0 Å². The molecule has 0 bridgehead atoms. The zero-order valence-electron chi connectivity index (χ0n) is 13.3. The lowest BCUT2D eigenvalue weighted by Crippen LogP contribution is -2.49. The minimum atomic E-state index is -4.81. The highest BCUT2D eigenvalue weighted by Gasteiger charge is 2.43. The predicted molar refractivity (Wildman–Crippen MR) is 85.8 cm³/mol. The van der Waals surface area contributed by atoms with E-state index in [1.54, 1.807) is 12.4 Å². The molecule has 0 unspecified atom stereocenters. The predicted octanol–water partition coefficient (Wildman–Crippen LogP) is 3.22. The molecular formula is C17H18F3N3O. The Morgan fingerprint density at radius 3 is 2.58 bits per heavy atom. The Labute approximate surface area is 137 Å². The second-order valence-electron chi connectivity index (χ2n) is 6.04. The number of amides is 1. The number of hydrogen-bond donors (Lipinski definition) is 0. The third kappa shape index (κ3) is 3.29. The van der Waals surface area contributed by atoms with E-state index in [0.717, 1.165) is 21.4 Å². The molecule has 128 valence electrons. The van der Waals surface area contributed by atoms with Crippen molar-refractivity contribution in [3.63, 3.8) is 0 Å². The molecule has 0 atom stereocenters. The lowest BCUT2D eigenvalue weighted by molar-refractivity contribution is -0.186. The molecule has 1 aliphatic heterocycles. The van der Waals surface area contributed by atoms with Crippen LogP contribution >= 0.6 is 0 Å². The molecule has 24 heavy (non-hydrogen) atoms.